The Hall–Kier alpha value is -1.69. The Bertz CT molecular complexity index is 611. The number of rotatable bonds is 5. The molecule has 2 aliphatic rings. The van der Waals surface area contributed by atoms with Gasteiger partial charge in [-0.2, -0.15) is 0 Å². The van der Waals surface area contributed by atoms with E-state index in [1.54, 1.807) is 17.7 Å². The Morgan fingerprint density at radius 2 is 2.18 bits per heavy atom. The zero-order chi connectivity index (χ0) is 14.8. The Kier molecular flexibility index (Phi) is 3.93. The van der Waals surface area contributed by atoms with E-state index in [0.717, 1.165) is 37.2 Å². The molecule has 2 aromatic heterocycles. The van der Waals surface area contributed by atoms with Crippen molar-refractivity contribution in [3.05, 3.63) is 29.0 Å². The molecule has 0 bridgehead atoms. The first-order valence-corrected chi connectivity index (χ1v) is 8.97. The number of aromatic nitrogens is 3. The summed E-state index contributed by atoms with van der Waals surface area (Å²) in [6.07, 6.45) is 8.71. The van der Waals surface area contributed by atoms with Crippen molar-refractivity contribution in [2.75, 3.05) is 29.9 Å². The minimum Gasteiger partial charge on any atom is -0.370 e. The zero-order valence-electron chi connectivity index (χ0n) is 12.6. The van der Waals surface area contributed by atoms with Crippen molar-refractivity contribution in [2.24, 2.45) is 5.92 Å². The van der Waals surface area contributed by atoms with E-state index in [-0.39, 0.29) is 0 Å². The van der Waals surface area contributed by atoms with Gasteiger partial charge in [0.2, 0.25) is 0 Å². The number of nitrogens with one attached hydrogen (secondary N) is 1. The van der Waals surface area contributed by atoms with Crippen molar-refractivity contribution in [1.82, 2.24) is 15.0 Å². The predicted octanol–water partition coefficient (Wildman–Crippen LogP) is 3.14. The topological polar surface area (TPSA) is 53.9 Å². The van der Waals surface area contributed by atoms with Crippen molar-refractivity contribution >= 4 is 23.0 Å². The molecule has 2 aromatic rings. The van der Waals surface area contributed by atoms with Crippen molar-refractivity contribution in [3.8, 4) is 0 Å². The van der Waals surface area contributed by atoms with E-state index in [9.17, 15) is 0 Å². The molecule has 1 saturated carbocycles. The first-order valence-electron chi connectivity index (χ1n) is 8.09. The molecule has 22 heavy (non-hydrogen) atoms. The van der Waals surface area contributed by atoms with Gasteiger partial charge in [-0.05, 0) is 31.6 Å². The number of piperidine rings is 1. The fourth-order valence-electron chi connectivity index (χ4n) is 3.01. The van der Waals surface area contributed by atoms with Crippen LogP contribution >= 0.6 is 11.3 Å². The van der Waals surface area contributed by atoms with Crippen LogP contribution in [0.2, 0.25) is 0 Å². The third kappa shape index (κ3) is 3.21. The van der Waals surface area contributed by atoms with E-state index in [1.807, 2.05) is 6.20 Å². The summed E-state index contributed by atoms with van der Waals surface area (Å²) in [6, 6.07) is 2.09. The number of anilines is 2. The predicted molar refractivity (Wildman–Crippen MR) is 89.5 cm³/mol. The normalized spacial score (nSPS) is 21.8. The van der Waals surface area contributed by atoms with Gasteiger partial charge in [0.1, 0.15) is 18.0 Å². The van der Waals surface area contributed by atoms with Crippen LogP contribution in [-0.4, -0.2) is 34.6 Å². The second-order valence-electron chi connectivity index (χ2n) is 6.24. The Morgan fingerprint density at radius 3 is 3.00 bits per heavy atom. The third-order valence-corrected chi connectivity index (χ3v) is 5.41. The lowest BCUT2D eigenvalue weighted by Crippen LogP contribution is -2.35. The van der Waals surface area contributed by atoms with Crippen LogP contribution in [-0.2, 0) is 0 Å². The maximum absolute atomic E-state index is 4.49. The van der Waals surface area contributed by atoms with E-state index in [1.165, 1.54) is 30.7 Å². The quantitative estimate of drug-likeness (QED) is 0.918. The largest absolute Gasteiger partial charge is 0.370 e. The van der Waals surface area contributed by atoms with Gasteiger partial charge in [-0.3, -0.25) is 0 Å². The van der Waals surface area contributed by atoms with Crippen LogP contribution in [0.3, 0.4) is 0 Å². The molecule has 4 rings (SSSR count). The molecule has 0 radical (unpaired) electrons. The van der Waals surface area contributed by atoms with E-state index in [4.69, 9.17) is 0 Å². The average Bonchev–Trinajstić information content (AvgIpc) is 3.24. The Labute approximate surface area is 134 Å². The maximum Gasteiger partial charge on any atom is 0.134 e. The SMILES string of the molecule is c1nc(NCC2CC2)cc(N2CCC[C@H](c3nccs3)C2)n1. The van der Waals surface area contributed by atoms with Crippen molar-refractivity contribution in [2.45, 2.75) is 31.6 Å². The van der Waals surface area contributed by atoms with Crippen LogP contribution in [0, 0.1) is 5.92 Å². The number of hydrogen-bond acceptors (Lipinski definition) is 6. The fraction of sp³-hybridized carbons (Fsp3) is 0.562. The molecule has 1 aliphatic heterocycles. The maximum atomic E-state index is 4.49. The van der Waals surface area contributed by atoms with Gasteiger partial charge < -0.3 is 10.2 Å². The monoisotopic (exact) mass is 315 g/mol. The molecular weight excluding hydrogens is 294 g/mol. The fourth-order valence-corrected chi connectivity index (χ4v) is 3.78. The zero-order valence-corrected chi connectivity index (χ0v) is 13.4. The minimum absolute atomic E-state index is 0.534. The highest BCUT2D eigenvalue weighted by atomic mass is 32.1. The number of hydrogen-bond donors (Lipinski definition) is 1. The summed E-state index contributed by atoms with van der Waals surface area (Å²) in [5.41, 5.74) is 0. The van der Waals surface area contributed by atoms with E-state index >= 15 is 0 Å². The molecule has 1 saturated heterocycles. The van der Waals surface area contributed by atoms with Crippen molar-refractivity contribution in [1.29, 1.82) is 0 Å². The molecule has 0 unspecified atom stereocenters. The van der Waals surface area contributed by atoms with Gasteiger partial charge in [-0.15, -0.1) is 11.3 Å². The van der Waals surface area contributed by atoms with Crippen LogP contribution in [0.4, 0.5) is 11.6 Å². The molecule has 2 fully saturated rings. The van der Waals surface area contributed by atoms with Gasteiger partial charge in [-0.25, -0.2) is 15.0 Å². The van der Waals surface area contributed by atoms with Crippen LogP contribution in [0.5, 0.6) is 0 Å². The van der Waals surface area contributed by atoms with Gasteiger partial charge in [0, 0.05) is 43.2 Å². The summed E-state index contributed by atoms with van der Waals surface area (Å²) in [6.45, 7) is 3.12. The van der Waals surface area contributed by atoms with Crippen LogP contribution in [0.1, 0.15) is 36.6 Å². The summed E-state index contributed by atoms with van der Waals surface area (Å²) >= 11 is 1.77. The molecule has 116 valence electrons. The van der Waals surface area contributed by atoms with Crippen molar-refractivity contribution < 1.29 is 0 Å². The van der Waals surface area contributed by atoms with Crippen LogP contribution in [0.15, 0.2) is 24.0 Å². The summed E-state index contributed by atoms with van der Waals surface area (Å²) < 4.78 is 0. The Morgan fingerprint density at radius 1 is 1.23 bits per heavy atom. The summed E-state index contributed by atoms with van der Waals surface area (Å²) in [7, 11) is 0. The second-order valence-corrected chi connectivity index (χ2v) is 7.17. The lowest BCUT2D eigenvalue weighted by molar-refractivity contribution is 0.505. The molecule has 1 atom stereocenters. The second kappa shape index (κ2) is 6.20. The number of thiazole rings is 1. The highest BCUT2D eigenvalue weighted by Gasteiger charge is 2.24. The van der Waals surface area contributed by atoms with Crippen LogP contribution < -0.4 is 10.2 Å². The van der Waals surface area contributed by atoms with Crippen molar-refractivity contribution in [3.63, 3.8) is 0 Å². The molecule has 0 aromatic carbocycles. The molecule has 5 nitrogen and oxygen atoms in total. The first kappa shape index (κ1) is 13.9. The molecule has 1 aliphatic carbocycles. The number of nitrogens with zero attached hydrogens (tertiary/aromatic N) is 4. The molecular formula is C16H21N5S. The van der Waals surface area contributed by atoms with Gasteiger partial charge in [0.05, 0.1) is 5.01 Å². The van der Waals surface area contributed by atoms with Crippen LogP contribution in [0.25, 0.3) is 0 Å². The molecule has 0 spiro atoms. The summed E-state index contributed by atoms with van der Waals surface area (Å²) in [5, 5.41) is 6.76. The minimum atomic E-state index is 0.534. The highest BCUT2D eigenvalue weighted by Crippen LogP contribution is 2.31. The lowest BCUT2D eigenvalue weighted by atomic mass is 9.99. The standard InChI is InChI=1S/C16H21N5S/c1-2-13(16-17-5-7-22-16)10-21(6-1)15-8-14(19-11-20-15)18-9-12-3-4-12/h5,7-8,11-13H,1-4,6,9-10H2,(H,18,19,20)/t13-/m0/s1. The van der Waals surface area contributed by atoms with Gasteiger partial charge in [0.15, 0.2) is 0 Å². The van der Waals surface area contributed by atoms with Gasteiger partial charge in [-0.1, -0.05) is 0 Å². The smallest absolute Gasteiger partial charge is 0.134 e. The molecule has 0 amide bonds. The molecule has 6 heteroatoms. The first-order chi connectivity index (χ1) is 10.9. The molecule has 3 heterocycles. The molecule has 1 N–H and O–H groups in total. The van der Waals surface area contributed by atoms with E-state index in [2.05, 4.69) is 36.6 Å². The van der Waals surface area contributed by atoms with Gasteiger partial charge >= 0.3 is 0 Å². The summed E-state index contributed by atoms with van der Waals surface area (Å²) in [4.78, 5) is 15.7. The average molecular weight is 315 g/mol. The highest BCUT2D eigenvalue weighted by molar-refractivity contribution is 7.09. The Balaban J connectivity index is 1.44. The lowest BCUT2D eigenvalue weighted by Gasteiger charge is -2.32. The van der Waals surface area contributed by atoms with E-state index < -0.39 is 0 Å². The van der Waals surface area contributed by atoms with E-state index in [0.29, 0.717) is 5.92 Å². The van der Waals surface area contributed by atoms with Gasteiger partial charge in [0.25, 0.3) is 0 Å². The third-order valence-electron chi connectivity index (χ3n) is 4.47. The summed E-state index contributed by atoms with van der Waals surface area (Å²) in [5.74, 6) is 3.37.